The van der Waals surface area contributed by atoms with Gasteiger partial charge < -0.3 is 9.67 Å². The lowest BCUT2D eigenvalue weighted by atomic mass is 10.2. The molecule has 0 radical (unpaired) electrons. The Bertz CT molecular complexity index is 814. The first kappa shape index (κ1) is 17.1. The highest BCUT2D eigenvalue weighted by Gasteiger charge is 2.11. The molecule has 3 aromatic rings. The number of aliphatic hydroxyl groups is 1. The summed E-state index contributed by atoms with van der Waals surface area (Å²) < 4.78 is 2.06. The van der Waals surface area contributed by atoms with Crippen LogP contribution in [0.25, 0.3) is 0 Å². The summed E-state index contributed by atoms with van der Waals surface area (Å²) in [6.07, 6.45) is 1.74. The molecule has 0 aliphatic rings. The van der Waals surface area contributed by atoms with Gasteiger partial charge in [-0.1, -0.05) is 65.3 Å². The van der Waals surface area contributed by atoms with Crippen LogP contribution in [-0.4, -0.2) is 14.7 Å². The molecule has 0 atom stereocenters. The Morgan fingerprint density at radius 2 is 1.92 bits per heavy atom. The van der Waals surface area contributed by atoms with Crippen LogP contribution in [0, 0.1) is 6.92 Å². The van der Waals surface area contributed by atoms with Crippen molar-refractivity contribution >= 4 is 23.4 Å². The smallest absolute Gasteiger partial charge is 0.168 e. The summed E-state index contributed by atoms with van der Waals surface area (Å²) in [6.45, 7) is 2.74. The highest BCUT2D eigenvalue weighted by Crippen LogP contribution is 2.25. The molecule has 0 amide bonds. The van der Waals surface area contributed by atoms with Gasteiger partial charge in [-0.2, -0.15) is 0 Å². The molecule has 0 unspecified atom stereocenters. The fourth-order valence-corrected chi connectivity index (χ4v) is 3.59. The van der Waals surface area contributed by atoms with E-state index in [0.29, 0.717) is 6.54 Å². The molecule has 1 heterocycles. The van der Waals surface area contributed by atoms with E-state index in [2.05, 4.69) is 40.7 Å². The van der Waals surface area contributed by atoms with Gasteiger partial charge >= 0.3 is 0 Å². The molecule has 0 bridgehead atoms. The Morgan fingerprint density at radius 1 is 1.12 bits per heavy atom. The van der Waals surface area contributed by atoms with Crippen LogP contribution in [0.15, 0.2) is 59.9 Å². The topological polar surface area (TPSA) is 38.1 Å². The average Bonchev–Trinajstić information content (AvgIpc) is 2.97. The molecule has 0 fully saturated rings. The number of thioether (sulfide) groups is 1. The molecule has 1 N–H and O–H groups in total. The quantitative estimate of drug-likeness (QED) is 0.650. The monoisotopic (exact) mass is 358 g/mol. The van der Waals surface area contributed by atoms with E-state index in [1.165, 1.54) is 11.1 Å². The summed E-state index contributed by atoms with van der Waals surface area (Å²) in [7, 11) is 0. The lowest BCUT2D eigenvalue weighted by molar-refractivity contribution is 0.270. The number of nitrogens with zero attached hydrogens (tertiary/aromatic N) is 2. The number of aliphatic hydroxyl groups excluding tert-OH is 1. The third-order valence-corrected chi connectivity index (χ3v) is 5.08. The Hall–Kier alpha value is -1.75. The lowest BCUT2D eigenvalue weighted by Gasteiger charge is -2.11. The summed E-state index contributed by atoms with van der Waals surface area (Å²) in [6, 6.07) is 16.2. The van der Waals surface area contributed by atoms with Crippen LogP contribution in [0.2, 0.25) is 5.02 Å². The Balaban J connectivity index is 1.78. The zero-order chi connectivity index (χ0) is 16.9. The number of aryl methyl sites for hydroxylation is 1. The molecule has 0 saturated carbocycles. The van der Waals surface area contributed by atoms with Gasteiger partial charge in [-0.15, -0.1) is 0 Å². The summed E-state index contributed by atoms with van der Waals surface area (Å²) in [5, 5.41) is 11.2. The number of rotatable bonds is 6. The van der Waals surface area contributed by atoms with E-state index in [-0.39, 0.29) is 6.61 Å². The maximum absolute atomic E-state index is 9.58. The standard InChI is InChI=1S/C19H19ClN2OS/c1-14-3-2-4-16(9-14)13-24-19-21-10-18(12-23)22(19)11-15-5-7-17(20)8-6-15/h2-10,23H,11-13H2,1H3. The zero-order valence-electron chi connectivity index (χ0n) is 13.4. The van der Waals surface area contributed by atoms with Crippen molar-refractivity contribution in [3.8, 4) is 0 Å². The van der Waals surface area contributed by atoms with E-state index in [0.717, 1.165) is 27.2 Å². The van der Waals surface area contributed by atoms with Gasteiger partial charge in [-0.25, -0.2) is 4.98 Å². The van der Waals surface area contributed by atoms with Crippen molar-refractivity contribution in [2.75, 3.05) is 0 Å². The zero-order valence-corrected chi connectivity index (χ0v) is 15.0. The van der Waals surface area contributed by atoms with Crippen molar-refractivity contribution in [3.63, 3.8) is 0 Å². The number of aromatic nitrogens is 2. The van der Waals surface area contributed by atoms with Gasteiger partial charge in [-0.3, -0.25) is 0 Å². The SMILES string of the molecule is Cc1cccc(CSc2ncc(CO)n2Cc2ccc(Cl)cc2)c1. The Morgan fingerprint density at radius 3 is 2.62 bits per heavy atom. The van der Waals surface area contributed by atoms with Crippen molar-refractivity contribution in [1.29, 1.82) is 0 Å². The van der Waals surface area contributed by atoms with Gasteiger partial charge in [0.05, 0.1) is 18.5 Å². The third kappa shape index (κ3) is 4.20. The van der Waals surface area contributed by atoms with Crippen LogP contribution in [0.3, 0.4) is 0 Å². The third-order valence-electron chi connectivity index (χ3n) is 3.77. The van der Waals surface area contributed by atoms with Crippen LogP contribution in [0.1, 0.15) is 22.4 Å². The van der Waals surface area contributed by atoms with E-state index < -0.39 is 0 Å². The molecule has 0 spiro atoms. The van der Waals surface area contributed by atoms with E-state index in [4.69, 9.17) is 11.6 Å². The highest BCUT2D eigenvalue weighted by atomic mass is 35.5. The number of hydrogen-bond donors (Lipinski definition) is 1. The van der Waals surface area contributed by atoms with Crippen molar-refractivity contribution in [2.24, 2.45) is 0 Å². The molecular weight excluding hydrogens is 340 g/mol. The number of imidazole rings is 1. The van der Waals surface area contributed by atoms with Gasteiger partial charge in [0.1, 0.15) is 0 Å². The van der Waals surface area contributed by atoms with Gasteiger partial charge in [0.2, 0.25) is 0 Å². The summed E-state index contributed by atoms with van der Waals surface area (Å²) in [5.41, 5.74) is 4.47. The van der Waals surface area contributed by atoms with Crippen LogP contribution in [-0.2, 0) is 18.9 Å². The second-order valence-corrected chi connectivity index (χ2v) is 7.06. The molecule has 2 aromatic carbocycles. The molecule has 1 aromatic heterocycles. The minimum absolute atomic E-state index is 0.0222. The average molecular weight is 359 g/mol. The fourth-order valence-electron chi connectivity index (χ4n) is 2.52. The summed E-state index contributed by atoms with van der Waals surface area (Å²) in [5.74, 6) is 0.851. The highest BCUT2D eigenvalue weighted by molar-refractivity contribution is 7.98. The minimum atomic E-state index is -0.0222. The first-order valence-corrected chi connectivity index (χ1v) is 9.10. The Kier molecular flexibility index (Phi) is 5.61. The second kappa shape index (κ2) is 7.88. The van der Waals surface area contributed by atoms with Gasteiger partial charge in [0.15, 0.2) is 5.16 Å². The summed E-state index contributed by atoms with van der Waals surface area (Å²) >= 11 is 7.63. The maximum Gasteiger partial charge on any atom is 0.168 e. The first-order valence-electron chi connectivity index (χ1n) is 7.74. The molecular formula is C19H19ClN2OS. The van der Waals surface area contributed by atoms with Crippen LogP contribution in [0.4, 0.5) is 0 Å². The van der Waals surface area contributed by atoms with E-state index in [1.807, 2.05) is 24.3 Å². The van der Waals surface area contributed by atoms with E-state index in [9.17, 15) is 5.11 Å². The van der Waals surface area contributed by atoms with Gasteiger partial charge in [-0.05, 0) is 30.2 Å². The molecule has 3 nitrogen and oxygen atoms in total. The van der Waals surface area contributed by atoms with E-state index >= 15 is 0 Å². The molecule has 124 valence electrons. The maximum atomic E-state index is 9.58. The molecule has 0 aliphatic heterocycles. The predicted molar refractivity (Wildman–Crippen MR) is 99.4 cm³/mol. The largest absolute Gasteiger partial charge is 0.390 e. The molecule has 0 aliphatic carbocycles. The number of halogens is 1. The van der Waals surface area contributed by atoms with Gasteiger partial charge in [0, 0.05) is 17.3 Å². The molecule has 5 heteroatoms. The first-order chi connectivity index (χ1) is 11.7. The second-order valence-electron chi connectivity index (χ2n) is 5.68. The lowest BCUT2D eigenvalue weighted by Crippen LogP contribution is -2.06. The van der Waals surface area contributed by atoms with Gasteiger partial charge in [0.25, 0.3) is 0 Å². The van der Waals surface area contributed by atoms with Crippen molar-refractivity contribution in [1.82, 2.24) is 9.55 Å². The summed E-state index contributed by atoms with van der Waals surface area (Å²) in [4.78, 5) is 4.48. The van der Waals surface area contributed by atoms with Crippen LogP contribution >= 0.6 is 23.4 Å². The fraction of sp³-hybridized carbons (Fsp3) is 0.211. The van der Waals surface area contributed by atoms with Crippen LogP contribution < -0.4 is 0 Å². The minimum Gasteiger partial charge on any atom is -0.390 e. The number of benzene rings is 2. The normalized spacial score (nSPS) is 11.0. The molecule has 24 heavy (non-hydrogen) atoms. The van der Waals surface area contributed by atoms with Crippen molar-refractivity contribution in [2.45, 2.75) is 31.0 Å². The van der Waals surface area contributed by atoms with Crippen LogP contribution in [0.5, 0.6) is 0 Å². The number of hydrogen-bond acceptors (Lipinski definition) is 3. The predicted octanol–water partition coefficient (Wildman–Crippen LogP) is 4.68. The van der Waals surface area contributed by atoms with E-state index in [1.54, 1.807) is 18.0 Å². The Labute approximate surface area is 151 Å². The molecule has 3 rings (SSSR count). The van der Waals surface area contributed by atoms with Crippen molar-refractivity contribution < 1.29 is 5.11 Å². The van der Waals surface area contributed by atoms with Crippen molar-refractivity contribution in [3.05, 3.63) is 82.1 Å². The molecule has 0 saturated heterocycles.